The van der Waals surface area contributed by atoms with Gasteiger partial charge >= 0.3 is 5.97 Å². The van der Waals surface area contributed by atoms with Gasteiger partial charge in [-0.15, -0.1) is 0 Å². The van der Waals surface area contributed by atoms with E-state index in [-0.39, 0.29) is 0 Å². The minimum atomic E-state index is -0.790. The molecule has 0 atom stereocenters. The Kier molecular flexibility index (Phi) is 4.16. The molecule has 0 amide bonds. The predicted molar refractivity (Wildman–Crippen MR) is 67.5 cm³/mol. The van der Waals surface area contributed by atoms with Gasteiger partial charge in [-0.2, -0.15) is 0 Å². The molecule has 0 heterocycles. The summed E-state index contributed by atoms with van der Waals surface area (Å²) in [6, 6.07) is 5.88. The number of carbonyl (C=O) groups is 1. The summed E-state index contributed by atoms with van der Waals surface area (Å²) >= 11 is 0. The Balaban J connectivity index is 3.03. The molecule has 3 nitrogen and oxygen atoms in total. The summed E-state index contributed by atoms with van der Waals surface area (Å²) in [7, 11) is 0. The molecule has 94 valence electrons. The molecule has 1 rings (SSSR count). The molecular formula is C14H20O3. The largest absolute Gasteiger partial charge is 0.494 e. The molecule has 0 aliphatic rings. The fourth-order valence-electron chi connectivity index (χ4n) is 1.69. The molecule has 0 aliphatic heterocycles. The summed E-state index contributed by atoms with van der Waals surface area (Å²) in [6.45, 7) is 7.96. The standard InChI is InChI=1S/C14H20O3/c1-5-17-12-7-6-10(2)8-11(12)9-14(3,4)13(15)16/h6-8H,5,9H2,1-4H3,(H,15,16). The lowest BCUT2D eigenvalue weighted by Crippen LogP contribution is -2.26. The molecule has 1 N–H and O–H groups in total. The molecule has 0 aliphatic carbocycles. The van der Waals surface area contributed by atoms with Crippen LogP contribution in [0.5, 0.6) is 5.75 Å². The zero-order valence-corrected chi connectivity index (χ0v) is 10.9. The van der Waals surface area contributed by atoms with Crippen molar-refractivity contribution in [2.24, 2.45) is 5.41 Å². The van der Waals surface area contributed by atoms with Crippen LogP contribution in [0.2, 0.25) is 0 Å². The van der Waals surface area contributed by atoms with E-state index >= 15 is 0 Å². The summed E-state index contributed by atoms with van der Waals surface area (Å²) in [4.78, 5) is 11.1. The SMILES string of the molecule is CCOc1ccc(C)cc1CC(C)(C)C(=O)O. The summed E-state index contributed by atoms with van der Waals surface area (Å²) in [5, 5.41) is 9.15. The Bertz CT molecular complexity index is 408. The van der Waals surface area contributed by atoms with Crippen LogP contribution in [0.15, 0.2) is 18.2 Å². The van der Waals surface area contributed by atoms with E-state index in [1.165, 1.54) is 0 Å². The van der Waals surface area contributed by atoms with Gasteiger partial charge in [0.2, 0.25) is 0 Å². The number of benzene rings is 1. The lowest BCUT2D eigenvalue weighted by molar-refractivity contribution is -0.146. The second-order valence-corrected chi connectivity index (χ2v) is 4.91. The van der Waals surface area contributed by atoms with Gasteiger partial charge in [0.25, 0.3) is 0 Å². The Morgan fingerprint density at radius 1 is 1.41 bits per heavy atom. The average molecular weight is 236 g/mol. The molecule has 0 aromatic heterocycles. The van der Waals surface area contributed by atoms with E-state index in [9.17, 15) is 4.79 Å². The van der Waals surface area contributed by atoms with Crippen LogP contribution < -0.4 is 4.74 Å². The third kappa shape index (κ3) is 3.48. The predicted octanol–water partition coefficient (Wildman–Crippen LogP) is 3.05. The van der Waals surface area contributed by atoms with Crippen molar-refractivity contribution in [2.45, 2.75) is 34.1 Å². The van der Waals surface area contributed by atoms with Crippen LogP contribution in [-0.4, -0.2) is 17.7 Å². The molecular weight excluding hydrogens is 216 g/mol. The number of ether oxygens (including phenoxy) is 1. The Morgan fingerprint density at radius 3 is 2.59 bits per heavy atom. The van der Waals surface area contributed by atoms with Gasteiger partial charge in [-0.1, -0.05) is 17.7 Å². The highest BCUT2D eigenvalue weighted by Crippen LogP contribution is 2.29. The second-order valence-electron chi connectivity index (χ2n) is 4.91. The molecule has 1 aromatic rings. The van der Waals surface area contributed by atoms with Gasteiger partial charge in [-0.3, -0.25) is 4.79 Å². The molecule has 17 heavy (non-hydrogen) atoms. The van der Waals surface area contributed by atoms with Crippen molar-refractivity contribution in [3.05, 3.63) is 29.3 Å². The highest BCUT2D eigenvalue weighted by Gasteiger charge is 2.28. The van der Waals surface area contributed by atoms with Crippen molar-refractivity contribution < 1.29 is 14.6 Å². The van der Waals surface area contributed by atoms with E-state index < -0.39 is 11.4 Å². The Labute approximate surface area is 102 Å². The number of rotatable bonds is 5. The monoisotopic (exact) mass is 236 g/mol. The summed E-state index contributed by atoms with van der Waals surface area (Å²) in [5.41, 5.74) is 1.29. The zero-order chi connectivity index (χ0) is 13.1. The van der Waals surface area contributed by atoms with Crippen molar-refractivity contribution >= 4 is 5.97 Å². The van der Waals surface area contributed by atoms with E-state index in [1.54, 1.807) is 13.8 Å². The van der Waals surface area contributed by atoms with Gasteiger partial charge in [0, 0.05) is 0 Å². The lowest BCUT2D eigenvalue weighted by Gasteiger charge is -2.21. The van der Waals surface area contributed by atoms with Crippen LogP contribution in [0, 0.1) is 12.3 Å². The first-order valence-corrected chi connectivity index (χ1v) is 5.82. The molecule has 0 fully saturated rings. The van der Waals surface area contributed by atoms with Gasteiger partial charge in [0.15, 0.2) is 0 Å². The molecule has 3 heteroatoms. The topological polar surface area (TPSA) is 46.5 Å². The van der Waals surface area contributed by atoms with Crippen molar-refractivity contribution in [2.75, 3.05) is 6.61 Å². The number of hydrogen-bond acceptors (Lipinski definition) is 2. The van der Waals surface area contributed by atoms with Crippen molar-refractivity contribution in [1.82, 2.24) is 0 Å². The van der Waals surface area contributed by atoms with Gasteiger partial charge < -0.3 is 9.84 Å². The van der Waals surface area contributed by atoms with Crippen LogP contribution in [0.4, 0.5) is 0 Å². The number of aryl methyl sites for hydroxylation is 1. The second kappa shape index (κ2) is 5.21. The minimum Gasteiger partial charge on any atom is -0.494 e. The van der Waals surface area contributed by atoms with Gasteiger partial charge in [-0.05, 0) is 45.7 Å². The fraction of sp³-hybridized carbons (Fsp3) is 0.500. The summed E-state index contributed by atoms with van der Waals surface area (Å²) in [6.07, 6.45) is 0.472. The van der Waals surface area contributed by atoms with Crippen LogP contribution in [0.1, 0.15) is 31.9 Å². The molecule has 0 saturated carbocycles. The van der Waals surface area contributed by atoms with Gasteiger partial charge in [0.1, 0.15) is 5.75 Å². The zero-order valence-electron chi connectivity index (χ0n) is 10.9. The van der Waals surface area contributed by atoms with E-state index in [0.29, 0.717) is 13.0 Å². The highest BCUT2D eigenvalue weighted by atomic mass is 16.5. The minimum absolute atomic E-state index is 0.472. The normalized spacial score (nSPS) is 11.3. The maximum atomic E-state index is 11.1. The van der Waals surface area contributed by atoms with E-state index in [4.69, 9.17) is 9.84 Å². The van der Waals surface area contributed by atoms with Gasteiger partial charge in [-0.25, -0.2) is 0 Å². The van der Waals surface area contributed by atoms with Crippen molar-refractivity contribution in [3.63, 3.8) is 0 Å². The van der Waals surface area contributed by atoms with Crippen LogP contribution in [0.25, 0.3) is 0 Å². The van der Waals surface area contributed by atoms with Crippen LogP contribution >= 0.6 is 0 Å². The van der Waals surface area contributed by atoms with E-state index in [2.05, 4.69) is 0 Å². The molecule has 0 spiro atoms. The average Bonchev–Trinajstić information content (AvgIpc) is 2.21. The number of carboxylic acid groups (broad SMARTS) is 1. The van der Waals surface area contributed by atoms with E-state index in [0.717, 1.165) is 16.9 Å². The van der Waals surface area contributed by atoms with E-state index in [1.807, 2.05) is 32.0 Å². The molecule has 0 bridgehead atoms. The molecule has 0 radical (unpaired) electrons. The molecule has 1 aromatic carbocycles. The highest BCUT2D eigenvalue weighted by molar-refractivity contribution is 5.74. The fourth-order valence-corrected chi connectivity index (χ4v) is 1.69. The number of carboxylic acids is 1. The first-order chi connectivity index (χ1) is 7.86. The lowest BCUT2D eigenvalue weighted by atomic mass is 9.85. The third-order valence-electron chi connectivity index (χ3n) is 2.73. The quantitative estimate of drug-likeness (QED) is 0.854. The molecule has 0 saturated heterocycles. The van der Waals surface area contributed by atoms with Crippen molar-refractivity contribution in [3.8, 4) is 5.75 Å². The first-order valence-electron chi connectivity index (χ1n) is 5.82. The third-order valence-corrected chi connectivity index (χ3v) is 2.73. The number of aliphatic carboxylic acids is 1. The van der Waals surface area contributed by atoms with Crippen LogP contribution in [-0.2, 0) is 11.2 Å². The van der Waals surface area contributed by atoms with Gasteiger partial charge in [0.05, 0.1) is 12.0 Å². The molecule has 0 unspecified atom stereocenters. The maximum Gasteiger partial charge on any atom is 0.309 e. The maximum absolute atomic E-state index is 11.1. The smallest absolute Gasteiger partial charge is 0.309 e. The summed E-state index contributed by atoms with van der Waals surface area (Å²) < 4.78 is 5.52. The summed E-state index contributed by atoms with van der Waals surface area (Å²) in [5.74, 6) is -0.00567. The first kappa shape index (κ1) is 13.6. The van der Waals surface area contributed by atoms with Crippen LogP contribution in [0.3, 0.4) is 0 Å². The van der Waals surface area contributed by atoms with Crippen molar-refractivity contribution in [1.29, 1.82) is 0 Å². The Morgan fingerprint density at radius 2 is 2.06 bits per heavy atom. The number of hydrogen-bond donors (Lipinski definition) is 1. The Hall–Kier alpha value is -1.51.